The van der Waals surface area contributed by atoms with Gasteiger partial charge in [-0.05, 0) is 39.2 Å². The molecule has 0 spiro atoms. The summed E-state index contributed by atoms with van der Waals surface area (Å²) in [5.41, 5.74) is 6.31. The molecule has 0 bridgehead atoms. The summed E-state index contributed by atoms with van der Waals surface area (Å²) in [5, 5.41) is 0. The Bertz CT molecular complexity index is 231. The SMILES string of the molecule is CC1CCC(N)C(N2CCN(C)CC2C)C1. The highest BCUT2D eigenvalue weighted by molar-refractivity contribution is 4.92. The molecule has 1 saturated heterocycles. The van der Waals surface area contributed by atoms with Gasteiger partial charge in [0.2, 0.25) is 0 Å². The van der Waals surface area contributed by atoms with Crippen molar-refractivity contribution in [3.8, 4) is 0 Å². The van der Waals surface area contributed by atoms with Crippen LogP contribution in [-0.4, -0.2) is 54.6 Å². The van der Waals surface area contributed by atoms with Gasteiger partial charge in [0, 0.05) is 37.8 Å². The second-order valence-corrected chi connectivity index (χ2v) is 6.00. The van der Waals surface area contributed by atoms with Crippen LogP contribution in [0.4, 0.5) is 0 Å². The minimum atomic E-state index is 0.405. The zero-order chi connectivity index (χ0) is 11.7. The zero-order valence-corrected chi connectivity index (χ0v) is 11.0. The van der Waals surface area contributed by atoms with E-state index in [4.69, 9.17) is 5.73 Å². The van der Waals surface area contributed by atoms with Gasteiger partial charge in [0.05, 0.1) is 0 Å². The Hall–Kier alpha value is -0.120. The van der Waals surface area contributed by atoms with Crippen LogP contribution in [0.2, 0.25) is 0 Å². The molecule has 0 amide bonds. The van der Waals surface area contributed by atoms with Crippen LogP contribution in [0.25, 0.3) is 0 Å². The van der Waals surface area contributed by atoms with Gasteiger partial charge in [0.25, 0.3) is 0 Å². The van der Waals surface area contributed by atoms with Crippen LogP contribution in [0.1, 0.15) is 33.1 Å². The van der Waals surface area contributed by atoms with Crippen molar-refractivity contribution in [3.63, 3.8) is 0 Å². The molecule has 2 aliphatic rings. The highest BCUT2D eigenvalue weighted by atomic mass is 15.3. The van der Waals surface area contributed by atoms with Gasteiger partial charge in [-0.2, -0.15) is 0 Å². The lowest BCUT2D eigenvalue weighted by molar-refractivity contribution is 0.0279. The molecule has 16 heavy (non-hydrogen) atoms. The van der Waals surface area contributed by atoms with Gasteiger partial charge < -0.3 is 10.6 Å². The van der Waals surface area contributed by atoms with Gasteiger partial charge >= 0.3 is 0 Å². The summed E-state index contributed by atoms with van der Waals surface area (Å²) in [7, 11) is 2.22. The molecule has 2 rings (SSSR count). The molecule has 94 valence electrons. The van der Waals surface area contributed by atoms with E-state index >= 15 is 0 Å². The van der Waals surface area contributed by atoms with Crippen molar-refractivity contribution in [1.29, 1.82) is 0 Å². The average molecular weight is 225 g/mol. The Labute approximate surface area is 100.0 Å². The van der Waals surface area contributed by atoms with Crippen LogP contribution in [0.3, 0.4) is 0 Å². The standard InChI is InChI=1S/C13H27N3/c1-10-4-5-12(14)13(8-10)16-7-6-15(3)9-11(16)2/h10-13H,4-9,14H2,1-3H3. The van der Waals surface area contributed by atoms with Gasteiger partial charge in [-0.25, -0.2) is 0 Å². The molecule has 0 aromatic rings. The van der Waals surface area contributed by atoms with E-state index in [0.717, 1.165) is 5.92 Å². The summed E-state index contributed by atoms with van der Waals surface area (Å²) < 4.78 is 0. The Balaban J connectivity index is 1.99. The van der Waals surface area contributed by atoms with E-state index in [1.54, 1.807) is 0 Å². The van der Waals surface area contributed by atoms with Gasteiger partial charge in [-0.3, -0.25) is 4.90 Å². The molecule has 3 nitrogen and oxygen atoms in total. The first-order valence-electron chi connectivity index (χ1n) is 6.77. The Morgan fingerprint density at radius 1 is 1.12 bits per heavy atom. The fraction of sp³-hybridized carbons (Fsp3) is 1.00. The lowest BCUT2D eigenvalue weighted by Gasteiger charge is -2.47. The molecule has 1 heterocycles. The molecule has 1 aliphatic carbocycles. The lowest BCUT2D eigenvalue weighted by atomic mass is 9.82. The minimum absolute atomic E-state index is 0.405. The number of rotatable bonds is 1. The average Bonchev–Trinajstić information content (AvgIpc) is 2.22. The second kappa shape index (κ2) is 5.03. The Kier molecular flexibility index (Phi) is 3.88. The van der Waals surface area contributed by atoms with Crippen molar-refractivity contribution >= 4 is 0 Å². The van der Waals surface area contributed by atoms with Crippen LogP contribution in [0.15, 0.2) is 0 Å². The molecule has 2 fully saturated rings. The van der Waals surface area contributed by atoms with E-state index in [1.165, 1.54) is 38.9 Å². The molecule has 4 atom stereocenters. The molecule has 0 radical (unpaired) electrons. The molecular formula is C13H27N3. The first-order valence-corrected chi connectivity index (χ1v) is 6.77. The Morgan fingerprint density at radius 3 is 2.56 bits per heavy atom. The third-order valence-electron chi connectivity index (χ3n) is 4.44. The van der Waals surface area contributed by atoms with Crippen LogP contribution >= 0.6 is 0 Å². The van der Waals surface area contributed by atoms with E-state index in [1.807, 2.05) is 0 Å². The fourth-order valence-electron chi connectivity index (χ4n) is 3.40. The second-order valence-electron chi connectivity index (χ2n) is 6.00. The molecular weight excluding hydrogens is 198 g/mol. The molecule has 0 aromatic carbocycles. The maximum Gasteiger partial charge on any atom is 0.0253 e. The van der Waals surface area contributed by atoms with E-state index in [2.05, 4.69) is 30.7 Å². The van der Waals surface area contributed by atoms with Crippen molar-refractivity contribution in [1.82, 2.24) is 9.80 Å². The third-order valence-corrected chi connectivity index (χ3v) is 4.44. The van der Waals surface area contributed by atoms with Crippen molar-refractivity contribution < 1.29 is 0 Å². The number of hydrogen-bond donors (Lipinski definition) is 1. The predicted octanol–water partition coefficient (Wildman–Crippen LogP) is 1.14. The Morgan fingerprint density at radius 2 is 1.88 bits per heavy atom. The normalized spacial score (nSPS) is 43.5. The first kappa shape index (κ1) is 12.3. The van der Waals surface area contributed by atoms with E-state index in [0.29, 0.717) is 18.1 Å². The van der Waals surface area contributed by atoms with Crippen molar-refractivity contribution in [2.24, 2.45) is 11.7 Å². The summed E-state index contributed by atoms with van der Waals surface area (Å²) in [6, 6.07) is 1.70. The summed E-state index contributed by atoms with van der Waals surface area (Å²) in [5.74, 6) is 0.858. The zero-order valence-electron chi connectivity index (χ0n) is 11.0. The van der Waals surface area contributed by atoms with Crippen molar-refractivity contribution in [2.45, 2.75) is 51.2 Å². The predicted molar refractivity (Wildman–Crippen MR) is 68.4 cm³/mol. The van der Waals surface area contributed by atoms with Crippen LogP contribution in [-0.2, 0) is 0 Å². The number of nitrogens with zero attached hydrogens (tertiary/aromatic N) is 2. The number of nitrogens with two attached hydrogens (primary N) is 1. The summed E-state index contributed by atoms with van der Waals surface area (Å²) in [6.07, 6.45) is 3.83. The van der Waals surface area contributed by atoms with Crippen LogP contribution in [0.5, 0.6) is 0 Å². The van der Waals surface area contributed by atoms with E-state index in [-0.39, 0.29) is 0 Å². The monoisotopic (exact) mass is 225 g/mol. The highest BCUT2D eigenvalue weighted by Crippen LogP contribution is 2.28. The number of hydrogen-bond acceptors (Lipinski definition) is 3. The molecule has 2 N–H and O–H groups in total. The smallest absolute Gasteiger partial charge is 0.0253 e. The van der Waals surface area contributed by atoms with Gasteiger partial charge in [0.15, 0.2) is 0 Å². The molecule has 1 saturated carbocycles. The van der Waals surface area contributed by atoms with Crippen molar-refractivity contribution in [3.05, 3.63) is 0 Å². The largest absolute Gasteiger partial charge is 0.326 e. The summed E-state index contributed by atoms with van der Waals surface area (Å²) in [4.78, 5) is 5.10. The minimum Gasteiger partial charge on any atom is -0.326 e. The van der Waals surface area contributed by atoms with E-state index in [9.17, 15) is 0 Å². The lowest BCUT2D eigenvalue weighted by Crippen LogP contribution is -2.60. The summed E-state index contributed by atoms with van der Waals surface area (Å²) >= 11 is 0. The van der Waals surface area contributed by atoms with Gasteiger partial charge in [-0.1, -0.05) is 6.92 Å². The van der Waals surface area contributed by atoms with Gasteiger partial charge in [-0.15, -0.1) is 0 Å². The topological polar surface area (TPSA) is 32.5 Å². The summed E-state index contributed by atoms with van der Waals surface area (Å²) in [6.45, 7) is 8.31. The third kappa shape index (κ3) is 2.58. The van der Waals surface area contributed by atoms with Crippen LogP contribution in [0, 0.1) is 5.92 Å². The van der Waals surface area contributed by atoms with Crippen molar-refractivity contribution in [2.75, 3.05) is 26.7 Å². The number of likely N-dealkylation sites (N-methyl/N-ethyl adjacent to an activating group) is 1. The fourth-order valence-corrected chi connectivity index (χ4v) is 3.40. The molecule has 1 aliphatic heterocycles. The number of piperazine rings is 1. The van der Waals surface area contributed by atoms with Crippen LogP contribution < -0.4 is 5.73 Å². The molecule has 0 aromatic heterocycles. The molecule has 4 unspecified atom stereocenters. The quantitative estimate of drug-likeness (QED) is 0.726. The molecule has 3 heteroatoms. The highest BCUT2D eigenvalue weighted by Gasteiger charge is 2.34. The maximum absolute atomic E-state index is 6.31. The first-order chi connectivity index (χ1) is 7.58. The van der Waals surface area contributed by atoms with E-state index < -0.39 is 0 Å². The van der Waals surface area contributed by atoms with Gasteiger partial charge in [0.1, 0.15) is 0 Å². The maximum atomic E-state index is 6.31.